The van der Waals surface area contributed by atoms with E-state index < -0.39 is 18.7 Å². The van der Waals surface area contributed by atoms with Gasteiger partial charge in [0.25, 0.3) is 0 Å². The number of aliphatic hydroxyl groups is 2. The zero-order valence-corrected chi connectivity index (χ0v) is 16.0. The highest BCUT2D eigenvalue weighted by Crippen LogP contribution is 2.07. The van der Waals surface area contributed by atoms with Crippen molar-refractivity contribution in [1.29, 1.82) is 0 Å². The third kappa shape index (κ3) is 19.0. The molecule has 0 saturated heterocycles. The molecule has 0 spiro atoms. The molecule has 2 N–H and O–H groups in total. The molecule has 0 bridgehead atoms. The van der Waals surface area contributed by atoms with E-state index in [1.807, 2.05) is 0 Å². The number of hydrogen-bond acceptors (Lipinski definition) is 4. The summed E-state index contributed by atoms with van der Waals surface area (Å²) in [6, 6.07) is 0. The fraction of sp³-hybridized carbons (Fsp3) is 0.762. The minimum Gasteiger partial charge on any atom is -0.466 e. The van der Waals surface area contributed by atoms with Crippen molar-refractivity contribution in [2.24, 2.45) is 0 Å². The normalized spacial score (nSPS) is 12.9. The summed E-state index contributed by atoms with van der Waals surface area (Å²) in [5, 5.41) is 17.7. The van der Waals surface area contributed by atoms with Gasteiger partial charge in [-0.25, -0.2) is 0 Å². The van der Waals surface area contributed by atoms with Crippen LogP contribution in [0.15, 0.2) is 24.3 Å². The highest BCUT2D eigenvalue weighted by atomic mass is 16.5. The predicted molar refractivity (Wildman–Crippen MR) is 103 cm³/mol. The number of aliphatic hydroxyl groups excluding tert-OH is 2. The van der Waals surface area contributed by atoms with Gasteiger partial charge in [-0.15, -0.1) is 0 Å². The molecule has 0 radical (unpaired) electrons. The van der Waals surface area contributed by atoms with Gasteiger partial charge in [-0.3, -0.25) is 4.79 Å². The molecule has 1 unspecified atom stereocenters. The van der Waals surface area contributed by atoms with Crippen LogP contribution in [0.25, 0.3) is 0 Å². The van der Waals surface area contributed by atoms with Crippen LogP contribution in [0.5, 0.6) is 0 Å². The summed E-state index contributed by atoms with van der Waals surface area (Å²) in [6.45, 7) is 2.23. The summed E-state index contributed by atoms with van der Waals surface area (Å²) >= 11 is 0. The van der Waals surface area contributed by atoms with Crippen LogP contribution in [0, 0.1) is 0 Å². The molecule has 4 nitrogen and oxygen atoms in total. The van der Waals surface area contributed by atoms with Crippen LogP contribution < -0.4 is 0 Å². The van der Waals surface area contributed by atoms with E-state index in [9.17, 15) is 4.79 Å². The fourth-order valence-corrected chi connectivity index (χ4v) is 2.42. The Bertz CT molecular complexity index is 350. The SMILES string of the molecule is CCCCCC=CCC=CCCCCCCCOC(=O)CC(O)CO. The Morgan fingerprint density at radius 2 is 1.52 bits per heavy atom. The molecule has 0 rings (SSSR count). The second-order valence-electron chi connectivity index (χ2n) is 6.49. The molecule has 4 heteroatoms. The van der Waals surface area contributed by atoms with Gasteiger partial charge in [-0.2, -0.15) is 0 Å². The molecule has 0 saturated carbocycles. The second kappa shape index (κ2) is 19.2. The first kappa shape index (κ1) is 23.9. The second-order valence-corrected chi connectivity index (χ2v) is 6.49. The number of allylic oxidation sites excluding steroid dienone is 4. The van der Waals surface area contributed by atoms with E-state index in [1.54, 1.807) is 0 Å². The van der Waals surface area contributed by atoms with Gasteiger partial charge in [0, 0.05) is 0 Å². The summed E-state index contributed by atoms with van der Waals surface area (Å²) in [7, 11) is 0. The van der Waals surface area contributed by atoms with Crippen molar-refractivity contribution in [2.75, 3.05) is 13.2 Å². The summed E-state index contributed by atoms with van der Waals surface area (Å²) < 4.78 is 5.00. The number of hydrogen-bond donors (Lipinski definition) is 2. The number of carbonyl (C=O) groups is 1. The zero-order chi connectivity index (χ0) is 18.6. The Morgan fingerprint density at radius 1 is 0.920 bits per heavy atom. The highest BCUT2D eigenvalue weighted by Gasteiger charge is 2.10. The average Bonchev–Trinajstić information content (AvgIpc) is 2.61. The topological polar surface area (TPSA) is 66.8 Å². The van der Waals surface area contributed by atoms with Gasteiger partial charge in [-0.1, -0.05) is 63.3 Å². The summed E-state index contributed by atoms with van der Waals surface area (Å²) in [5.74, 6) is -0.439. The standard InChI is InChI=1S/C21H38O4/c1-2-3-4-5-6-7-8-9-10-11-12-13-14-15-16-17-25-21(24)18-20(23)19-22/h6-7,9-10,20,22-23H,2-5,8,11-19H2,1H3. The van der Waals surface area contributed by atoms with E-state index in [2.05, 4.69) is 31.2 Å². The van der Waals surface area contributed by atoms with E-state index in [-0.39, 0.29) is 6.42 Å². The molecule has 0 aromatic carbocycles. The lowest BCUT2D eigenvalue weighted by atomic mass is 10.1. The molecule has 0 heterocycles. The lowest BCUT2D eigenvalue weighted by Crippen LogP contribution is -2.19. The van der Waals surface area contributed by atoms with E-state index in [0.29, 0.717) is 6.61 Å². The smallest absolute Gasteiger partial charge is 0.308 e. The van der Waals surface area contributed by atoms with E-state index >= 15 is 0 Å². The highest BCUT2D eigenvalue weighted by molar-refractivity contribution is 5.69. The van der Waals surface area contributed by atoms with Crippen LogP contribution in [0.3, 0.4) is 0 Å². The molecule has 146 valence electrons. The van der Waals surface area contributed by atoms with Crippen molar-refractivity contribution in [3.63, 3.8) is 0 Å². The Balaban J connectivity index is 3.28. The monoisotopic (exact) mass is 354 g/mol. The number of unbranched alkanes of at least 4 members (excludes halogenated alkanes) is 8. The molecule has 0 aliphatic carbocycles. The van der Waals surface area contributed by atoms with Crippen LogP contribution >= 0.6 is 0 Å². The number of esters is 1. The molecule has 0 amide bonds. The van der Waals surface area contributed by atoms with Crippen LogP contribution in [-0.2, 0) is 9.53 Å². The minimum absolute atomic E-state index is 0.128. The maximum absolute atomic E-state index is 11.3. The molecule has 1 atom stereocenters. The first-order chi connectivity index (χ1) is 12.2. The van der Waals surface area contributed by atoms with Crippen LogP contribution in [-0.4, -0.2) is 35.5 Å². The first-order valence-electron chi connectivity index (χ1n) is 9.95. The molecule has 0 fully saturated rings. The van der Waals surface area contributed by atoms with Gasteiger partial charge in [0.1, 0.15) is 0 Å². The largest absolute Gasteiger partial charge is 0.466 e. The van der Waals surface area contributed by atoms with Crippen LogP contribution in [0.4, 0.5) is 0 Å². The van der Waals surface area contributed by atoms with Gasteiger partial charge in [0.2, 0.25) is 0 Å². The van der Waals surface area contributed by atoms with Crippen LogP contribution in [0.2, 0.25) is 0 Å². The molecule has 25 heavy (non-hydrogen) atoms. The van der Waals surface area contributed by atoms with Crippen molar-refractivity contribution in [3.05, 3.63) is 24.3 Å². The third-order valence-electron chi connectivity index (χ3n) is 3.97. The Morgan fingerprint density at radius 3 is 2.16 bits per heavy atom. The van der Waals surface area contributed by atoms with Crippen molar-refractivity contribution in [2.45, 2.75) is 90.1 Å². The summed E-state index contributed by atoms with van der Waals surface area (Å²) in [6.07, 6.45) is 20.7. The van der Waals surface area contributed by atoms with Crippen molar-refractivity contribution >= 4 is 5.97 Å². The zero-order valence-electron chi connectivity index (χ0n) is 16.0. The Hall–Kier alpha value is -1.13. The number of ether oxygens (including phenoxy) is 1. The van der Waals surface area contributed by atoms with E-state index in [4.69, 9.17) is 14.9 Å². The summed E-state index contributed by atoms with van der Waals surface area (Å²) in [5.41, 5.74) is 0. The fourth-order valence-electron chi connectivity index (χ4n) is 2.42. The van der Waals surface area contributed by atoms with E-state index in [0.717, 1.165) is 32.1 Å². The Labute approximate surface area is 154 Å². The van der Waals surface area contributed by atoms with Gasteiger partial charge in [0.05, 0.1) is 25.7 Å². The molecule has 0 aliphatic rings. The molecule has 0 aliphatic heterocycles. The molecule has 0 aromatic rings. The van der Waals surface area contributed by atoms with E-state index in [1.165, 1.54) is 38.5 Å². The van der Waals surface area contributed by atoms with Gasteiger partial charge < -0.3 is 14.9 Å². The lowest BCUT2D eigenvalue weighted by molar-refractivity contribution is -0.146. The maximum Gasteiger partial charge on any atom is 0.308 e. The van der Waals surface area contributed by atoms with Crippen LogP contribution in [0.1, 0.15) is 84.0 Å². The quantitative estimate of drug-likeness (QED) is 0.226. The molecular weight excluding hydrogens is 316 g/mol. The van der Waals surface area contributed by atoms with Gasteiger partial charge >= 0.3 is 5.97 Å². The predicted octanol–water partition coefficient (Wildman–Crippen LogP) is 4.70. The van der Waals surface area contributed by atoms with Crippen molar-refractivity contribution in [3.8, 4) is 0 Å². The third-order valence-corrected chi connectivity index (χ3v) is 3.97. The van der Waals surface area contributed by atoms with Gasteiger partial charge in [-0.05, 0) is 38.5 Å². The number of carbonyl (C=O) groups excluding carboxylic acids is 1. The molecule has 0 aromatic heterocycles. The molecular formula is C21H38O4. The van der Waals surface area contributed by atoms with Crippen molar-refractivity contribution in [1.82, 2.24) is 0 Å². The number of rotatable bonds is 17. The summed E-state index contributed by atoms with van der Waals surface area (Å²) in [4.78, 5) is 11.3. The van der Waals surface area contributed by atoms with Crippen molar-refractivity contribution < 1.29 is 19.7 Å². The minimum atomic E-state index is -1.00. The first-order valence-corrected chi connectivity index (χ1v) is 9.95. The average molecular weight is 355 g/mol. The maximum atomic E-state index is 11.3. The van der Waals surface area contributed by atoms with Gasteiger partial charge in [0.15, 0.2) is 0 Å². The lowest BCUT2D eigenvalue weighted by Gasteiger charge is -2.07. The Kier molecular flexibility index (Phi) is 18.3.